The van der Waals surface area contributed by atoms with Gasteiger partial charge in [-0.1, -0.05) is 11.6 Å². The van der Waals surface area contributed by atoms with E-state index in [-0.39, 0.29) is 5.91 Å². The van der Waals surface area contributed by atoms with Gasteiger partial charge in [-0.05, 0) is 12.1 Å². The summed E-state index contributed by atoms with van der Waals surface area (Å²) >= 11 is 5.73. The Balaban J connectivity index is 1.92. The molecule has 0 saturated carbocycles. The summed E-state index contributed by atoms with van der Waals surface area (Å²) in [5, 5.41) is 0.382. The zero-order valence-electron chi connectivity index (χ0n) is 10.6. The lowest BCUT2D eigenvalue weighted by Crippen LogP contribution is -2.27. The van der Waals surface area contributed by atoms with Gasteiger partial charge in [0.1, 0.15) is 10.8 Å². The first-order valence-corrected chi connectivity index (χ1v) is 6.21. The second-order valence-electron chi connectivity index (χ2n) is 4.17. The molecule has 0 bridgehead atoms. The van der Waals surface area contributed by atoms with Gasteiger partial charge in [0.2, 0.25) is 0 Å². The van der Waals surface area contributed by atoms with Crippen molar-refractivity contribution in [2.24, 2.45) is 0 Å². The van der Waals surface area contributed by atoms with Gasteiger partial charge < -0.3 is 9.30 Å². The van der Waals surface area contributed by atoms with Crippen molar-refractivity contribution in [1.82, 2.24) is 19.4 Å². The summed E-state index contributed by atoms with van der Waals surface area (Å²) < 4.78 is 1.74. The number of aromatic nitrogens is 4. The lowest BCUT2D eigenvalue weighted by molar-refractivity contribution is 0.0987. The molecule has 3 rings (SSSR count). The Morgan fingerprint density at radius 2 is 2.10 bits per heavy atom. The van der Waals surface area contributed by atoms with Crippen LogP contribution in [-0.2, 0) is 0 Å². The monoisotopic (exact) mass is 287 g/mol. The maximum atomic E-state index is 12.4. The van der Waals surface area contributed by atoms with Crippen LogP contribution in [0.15, 0.2) is 43.1 Å². The molecule has 0 aliphatic heterocycles. The highest BCUT2D eigenvalue weighted by Crippen LogP contribution is 2.16. The third-order valence-corrected chi connectivity index (χ3v) is 3.13. The van der Waals surface area contributed by atoms with E-state index in [1.807, 2.05) is 0 Å². The van der Waals surface area contributed by atoms with Crippen LogP contribution in [0.3, 0.4) is 0 Å². The Bertz CT molecular complexity index is 768. The summed E-state index contributed by atoms with van der Waals surface area (Å²) in [5.74, 6) is -0.232. The number of fused-ring (bicyclic) bond motifs is 1. The van der Waals surface area contributed by atoms with Crippen molar-refractivity contribution >= 4 is 28.8 Å². The molecule has 0 spiro atoms. The van der Waals surface area contributed by atoms with Crippen molar-refractivity contribution in [3.8, 4) is 0 Å². The first-order chi connectivity index (χ1) is 9.65. The van der Waals surface area contributed by atoms with E-state index in [4.69, 9.17) is 11.6 Å². The maximum Gasteiger partial charge on any atom is 0.278 e. The number of rotatable bonds is 2. The second-order valence-corrected chi connectivity index (χ2v) is 4.56. The topological polar surface area (TPSA) is 63.4 Å². The molecule has 0 aliphatic rings. The van der Waals surface area contributed by atoms with Gasteiger partial charge in [0.25, 0.3) is 5.91 Å². The van der Waals surface area contributed by atoms with Crippen molar-refractivity contribution in [2.75, 3.05) is 11.9 Å². The average molecular weight is 288 g/mol. The molecule has 7 heteroatoms. The Hall–Kier alpha value is -2.47. The molecule has 0 saturated heterocycles. The van der Waals surface area contributed by atoms with Gasteiger partial charge in [0, 0.05) is 25.6 Å². The number of anilines is 1. The van der Waals surface area contributed by atoms with Crippen LogP contribution < -0.4 is 4.90 Å². The van der Waals surface area contributed by atoms with Crippen LogP contribution in [0.4, 0.5) is 5.69 Å². The van der Waals surface area contributed by atoms with E-state index in [9.17, 15) is 4.79 Å². The van der Waals surface area contributed by atoms with Crippen LogP contribution in [0.25, 0.3) is 5.65 Å². The summed E-state index contributed by atoms with van der Waals surface area (Å²) in [4.78, 5) is 26.0. The molecule has 20 heavy (non-hydrogen) atoms. The van der Waals surface area contributed by atoms with Crippen molar-refractivity contribution in [3.63, 3.8) is 0 Å². The average Bonchev–Trinajstić information content (AvgIpc) is 2.94. The zero-order valence-corrected chi connectivity index (χ0v) is 11.3. The number of carbonyl (C=O) groups excluding carboxylic acids is 1. The number of halogens is 1. The van der Waals surface area contributed by atoms with Gasteiger partial charge in [0.05, 0.1) is 18.1 Å². The lowest BCUT2D eigenvalue weighted by Gasteiger charge is -2.16. The summed E-state index contributed by atoms with van der Waals surface area (Å²) in [6.45, 7) is 0. The van der Waals surface area contributed by atoms with Crippen LogP contribution in [0.2, 0.25) is 5.15 Å². The molecule has 3 aromatic heterocycles. The van der Waals surface area contributed by atoms with Gasteiger partial charge in [0.15, 0.2) is 5.65 Å². The second kappa shape index (κ2) is 4.90. The first-order valence-electron chi connectivity index (χ1n) is 5.83. The molecule has 0 unspecified atom stereocenters. The highest BCUT2D eigenvalue weighted by atomic mass is 35.5. The van der Waals surface area contributed by atoms with Gasteiger partial charge in [-0.2, -0.15) is 0 Å². The molecule has 0 aromatic carbocycles. The number of hydrogen-bond acceptors (Lipinski definition) is 4. The lowest BCUT2D eigenvalue weighted by atomic mass is 10.3. The molecular formula is C13H10ClN5O. The van der Waals surface area contributed by atoms with Gasteiger partial charge >= 0.3 is 0 Å². The smallest absolute Gasteiger partial charge is 0.278 e. The molecule has 0 atom stereocenters. The fourth-order valence-corrected chi connectivity index (χ4v) is 1.90. The fourth-order valence-electron chi connectivity index (χ4n) is 1.79. The van der Waals surface area contributed by atoms with E-state index in [2.05, 4.69) is 15.0 Å². The minimum Gasteiger partial charge on any atom is -0.309 e. The highest BCUT2D eigenvalue weighted by Gasteiger charge is 2.15. The molecule has 6 nitrogen and oxygen atoms in total. The van der Waals surface area contributed by atoms with Crippen LogP contribution in [0, 0.1) is 0 Å². The standard InChI is InChI=1S/C13H10ClN5O/c1-18(9-2-3-11(14)17-6-9)13(20)10-8-19-5-4-15-12(19)7-16-10/h2-8H,1H3. The normalized spacial score (nSPS) is 10.7. The molecule has 3 heterocycles. The molecule has 3 aromatic rings. The molecule has 0 N–H and O–H groups in total. The van der Waals surface area contributed by atoms with Crippen LogP contribution in [0.5, 0.6) is 0 Å². The SMILES string of the molecule is CN(C(=O)c1cn2ccnc2cn1)c1ccc(Cl)nc1. The van der Waals surface area contributed by atoms with E-state index in [0.29, 0.717) is 22.2 Å². The van der Waals surface area contributed by atoms with Crippen molar-refractivity contribution < 1.29 is 4.79 Å². The number of imidazole rings is 1. The Kier molecular flexibility index (Phi) is 3.08. The predicted octanol–water partition coefficient (Wildman–Crippen LogP) is 2.05. The number of pyridine rings is 1. The van der Waals surface area contributed by atoms with Crippen LogP contribution >= 0.6 is 11.6 Å². The minimum absolute atomic E-state index is 0.232. The first kappa shape index (κ1) is 12.6. The summed E-state index contributed by atoms with van der Waals surface area (Å²) in [7, 11) is 1.66. The van der Waals surface area contributed by atoms with E-state index in [1.165, 1.54) is 11.1 Å². The maximum absolute atomic E-state index is 12.4. The van der Waals surface area contributed by atoms with Crippen molar-refractivity contribution in [3.05, 3.63) is 54.0 Å². The third kappa shape index (κ3) is 2.21. The molecule has 0 fully saturated rings. The van der Waals surface area contributed by atoms with E-state index in [0.717, 1.165) is 0 Å². The number of nitrogens with zero attached hydrogens (tertiary/aromatic N) is 5. The molecular weight excluding hydrogens is 278 g/mol. The highest BCUT2D eigenvalue weighted by molar-refractivity contribution is 6.29. The number of amides is 1. The summed E-state index contributed by atoms with van der Waals surface area (Å²) in [6.07, 6.45) is 8.15. The number of carbonyl (C=O) groups is 1. The van der Waals surface area contributed by atoms with E-state index >= 15 is 0 Å². The Labute approximate surface area is 119 Å². The van der Waals surface area contributed by atoms with Crippen molar-refractivity contribution in [2.45, 2.75) is 0 Å². The Morgan fingerprint density at radius 1 is 1.25 bits per heavy atom. The molecule has 100 valence electrons. The van der Waals surface area contributed by atoms with Gasteiger partial charge in [-0.25, -0.2) is 15.0 Å². The summed E-state index contributed by atoms with van der Waals surface area (Å²) in [6, 6.07) is 3.36. The predicted molar refractivity (Wildman–Crippen MR) is 75.0 cm³/mol. The van der Waals surface area contributed by atoms with Crippen LogP contribution in [0.1, 0.15) is 10.5 Å². The van der Waals surface area contributed by atoms with Crippen LogP contribution in [-0.4, -0.2) is 32.3 Å². The van der Waals surface area contributed by atoms with E-state index in [1.54, 1.807) is 48.4 Å². The largest absolute Gasteiger partial charge is 0.309 e. The Morgan fingerprint density at radius 3 is 2.85 bits per heavy atom. The number of hydrogen-bond donors (Lipinski definition) is 0. The minimum atomic E-state index is -0.232. The molecule has 0 radical (unpaired) electrons. The molecule has 1 amide bonds. The third-order valence-electron chi connectivity index (χ3n) is 2.90. The zero-order chi connectivity index (χ0) is 14.1. The molecule has 0 aliphatic carbocycles. The van der Waals surface area contributed by atoms with Crippen molar-refractivity contribution in [1.29, 1.82) is 0 Å². The summed E-state index contributed by atoms with van der Waals surface area (Å²) in [5.41, 5.74) is 1.66. The quantitative estimate of drug-likeness (QED) is 0.677. The van der Waals surface area contributed by atoms with Gasteiger partial charge in [-0.3, -0.25) is 4.79 Å². The van der Waals surface area contributed by atoms with Gasteiger partial charge in [-0.15, -0.1) is 0 Å². The fraction of sp³-hybridized carbons (Fsp3) is 0.0769. The van der Waals surface area contributed by atoms with E-state index < -0.39 is 0 Å².